The average molecular weight is 376 g/mol. The Bertz CT molecular complexity index is 753. The van der Waals surface area contributed by atoms with E-state index in [1.165, 1.54) is 28.8 Å². The van der Waals surface area contributed by atoms with Crippen LogP contribution in [0.3, 0.4) is 0 Å². The van der Waals surface area contributed by atoms with Gasteiger partial charge in [-0.25, -0.2) is 0 Å². The van der Waals surface area contributed by atoms with E-state index in [-0.39, 0.29) is 0 Å². The van der Waals surface area contributed by atoms with E-state index in [2.05, 4.69) is 104 Å². The summed E-state index contributed by atoms with van der Waals surface area (Å²) in [7, 11) is 0. The van der Waals surface area contributed by atoms with Gasteiger partial charge in [0.15, 0.2) is 0 Å². The van der Waals surface area contributed by atoms with Crippen LogP contribution in [0.25, 0.3) is 0 Å². The summed E-state index contributed by atoms with van der Waals surface area (Å²) in [6.07, 6.45) is 3.81. The first-order valence-electron chi connectivity index (χ1n) is 9.87. The fourth-order valence-corrected chi connectivity index (χ4v) is 7.63. The molecule has 0 saturated carbocycles. The Balaban J connectivity index is 2.23. The van der Waals surface area contributed by atoms with Crippen LogP contribution in [0.15, 0.2) is 91.0 Å². The zero-order chi connectivity index (χ0) is 19.0. The van der Waals surface area contributed by atoms with Gasteiger partial charge in [-0.2, -0.15) is 0 Å². The summed E-state index contributed by atoms with van der Waals surface area (Å²) in [6.45, 7) is 0.167. The van der Waals surface area contributed by atoms with Crippen molar-refractivity contribution in [2.45, 2.75) is 38.7 Å². The normalized spacial score (nSPS) is 12.5. The van der Waals surface area contributed by atoms with Crippen molar-refractivity contribution in [3.8, 4) is 0 Å². The molecule has 0 aliphatic heterocycles. The van der Waals surface area contributed by atoms with Crippen molar-refractivity contribution in [3.05, 3.63) is 91.0 Å². The maximum absolute atomic E-state index is 11.0. The van der Waals surface area contributed by atoms with E-state index in [1.807, 2.05) is 0 Å². The van der Waals surface area contributed by atoms with Crippen LogP contribution < -0.4 is 15.9 Å². The summed E-state index contributed by atoms with van der Waals surface area (Å²) in [5, 5.41) is 14.8. The number of benzene rings is 3. The van der Waals surface area contributed by atoms with Crippen LogP contribution in [0, 0.1) is 0 Å². The number of hydrogen-bond acceptors (Lipinski definition) is 1. The zero-order valence-electron chi connectivity index (χ0n) is 16.0. The summed E-state index contributed by atoms with van der Waals surface area (Å²) in [5.74, 6) is 2.25. The highest BCUT2D eigenvalue weighted by atomic mass is 31.2. The molecule has 3 rings (SSSR count). The molecular formula is C25H29OP. The molecule has 0 heterocycles. The summed E-state index contributed by atoms with van der Waals surface area (Å²) < 4.78 is 0. The van der Waals surface area contributed by atoms with Gasteiger partial charge in [-0.05, 0) is 35.0 Å². The predicted octanol–water partition coefficient (Wildman–Crippen LogP) is 4.72. The minimum absolute atomic E-state index is 0.412. The Labute approximate surface area is 163 Å². The van der Waals surface area contributed by atoms with Gasteiger partial charge in [0.05, 0.1) is 6.10 Å². The highest BCUT2D eigenvalue weighted by Gasteiger charge is 2.25. The molecular weight excluding hydrogens is 347 g/mol. The third-order valence-electron chi connectivity index (χ3n) is 4.99. The van der Waals surface area contributed by atoms with Crippen LogP contribution in [0.4, 0.5) is 0 Å². The molecule has 0 aliphatic rings. The highest BCUT2D eigenvalue weighted by molar-refractivity contribution is 7.94. The smallest absolute Gasteiger partial charge is 0.0734 e. The first kappa shape index (κ1) is 19.7. The lowest BCUT2D eigenvalue weighted by Crippen LogP contribution is -2.29. The van der Waals surface area contributed by atoms with Gasteiger partial charge in [0, 0.05) is 0 Å². The van der Waals surface area contributed by atoms with Crippen LogP contribution in [0.1, 0.15) is 32.6 Å². The molecule has 0 unspecified atom stereocenters. The van der Waals surface area contributed by atoms with Crippen LogP contribution in [0.5, 0.6) is 0 Å². The Morgan fingerprint density at radius 3 is 1.48 bits per heavy atom. The van der Waals surface area contributed by atoms with E-state index < -0.39 is 13.0 Å². The van der Waals surface area contributed by atoms with Crippen molar-refractivity contribution in [2.24, 2.45) is 0 Å². The summed E-state index contributed by atoms with van der Waals surface area (Å²) in [5.41, 5.74) is 0. The predicted molar refractivity (Wildman–Crippen MR) is 121 cm³/mol. The first-order chi connectivity index (χ1) is 13.3. The molecule has 140 valence electrons. The highest BCUT2D eigenvalue weighted by Crippen LogP contribution is 2.44. The molecule has 0 aliphatic carbocycles. The molecule has 27 heavy (non-hydrogen) atoms. The van der Waals surface area contributed by atoms with Gasteiger partial charge in [0.1, 0.15) is 0 Å². The molecule has 1 N–H and O–H groups in total. The number of aliphatic hydroxyl groups excluding tert-OH is 1. The summed E-state index contributed by atoms with van der Waals surface area (Å²) in [4.78, 5) is 0. The molecule has 0 spiro atoms. The van der Waals surface area contributed by atoms with Crippen molar-refractivity contribution >= 4 is 28.6 Å². The molecule has 3 aromatic carbocycles. The van der Waals surface area contributed by atoms with Crippen molar-refractivity contribution < 1.29 is 5.11 Å². The second-order valence-electron chi connectivity index (χ2n) is 6.94. The fourth-order valence-electron chi connectivity index (χ4n) is 3.63. The molecule has 1 nitrogen and oxygen atoms in total. The number of unbranched alkanes of at least 4 members (excludes halogenated alkanes) is 2. The zero-order valence-corrected chi connectivity index (χ0v) is 16.9. The number of aliphatic hydroxyl groups is 1. The molecule has 0 amide bonds. The Kier molecular flexibility index (Phi) is 7.10. The maximum atomic E-state index is 11.0. The second kappa shape index (κ2) is 9.74. The van der Waals surface area contributed by atoms with Crippen LogP contribution in [0.2, 0.25) is 0 Å². The van der Waals surface area contributed by atoms with E-state index in [1.54, 1.807) is 0 Å². The first-order valence-corrected chi connectivity index (χ1v) is 11.7. The van der Waals surface area contributed by atoms with Crippen LogP contribution >= 0.6 is 6.89 Å². The third-order valence-corrected chi connectivity index (χ3v) is 9.12. The maximum Gasteiger partial charge on any atom is 0.0734 e. The molecule has 3 aromatic rings. The topological polar surface area (TPSA) is 20.2 Å². The van der Waals surface area contributed by atoms with Gasteiger partial charge in [-0.1, -0.05) is 117 Å². The largest absolute Gasteiger partial charge is 0.389 e. The van der Waals surface area contributed by atoms with E-state index in [0.717, 1.165) is 12.8 Å². The third kappa shape index (κ3) is 4.61. The molecule has 2 heteroatoms. The van der Waals surface area contributed by atoms with E-state index >= 15 is 0 Å². The van der Waals surface area contributed by atoms with E-state index in [9.17, 15) is 5.11 Å². The van der Waals surface area contributed by atoms with Gasteiger partial charge in [0.25, 0.3) is 0 Å². The fraction of sp³-hybridized carbons (Fsp3) is 0.240. The van der Waals surface area contributed by atoms with Gasteiger partial charge >= 0.3 is 0 Å². The lowest BCUT2D eigenvalue weighted by atomic mass is 10.1. The second-order valence-corrected chi connectivity index (χ2v) is 10.2. The molecule has 1 atom stereocenters. The Morgan fingerprint density at radius 1 is 0.704 bits per heavy atom. The lowest BCUT2D eigenvalue weighted by Gasteiger charge is -2.30. The standard InChI is InChI=1S/C25H29OP/c1-2-3-7-14-22(26)21-27(23-15-8-4-9-16-23,24-17-10-5-11-18-24)25-19-12-6-13-20-25/h4-6,8-13,15-22,26H,2-3,7,14H2,1H3/t22-/m0/s1. The average Bonchev–Trinajstić information content (AvgIpc) is 2.74. The SMILES string of the molecule is CCCCC[C@H](O)C=P(c1ccccc1)(c1ccccc1)c1ccccc1. The number of hydrogen-bond donors (Lipinski definition) is 1. The van der Waals surface area contributed by atoms with Crippen molar-refractivity contribution in [2.75, 3.05) is 0 Å². The molecule has 0 aromatic heterocycles. The minimum Gasteiger partial charge on any atom is -0.389 e. The van der Waals surface area contributed by atoms with Gasteiger partial charge in [-0.3, -0.25) is 0 Å². The lowest BCUT2D eigenvalue weighted by molar-refractivity contribution is 0.233. The molecule has 0 saturated heterocycles. The van der Waals surface area contributed by atoms with Gasteiger partial charge < -0.3 is 5.11 Å². The quantitative estimate of drug-likeness (QED) is 0.445. The monoisotopic (exact) mass is 376 g/mol. The van der Waals surface area contributed by atoms with Crippen LogP contribution in [-0.4, -0.2) is 17.0 Å². The Hall–Kier alpha value is -2.08. The Morgan fingerprint density at radius 2 is 1.11 bits per heavy atom. The van der Waals surface area contributed by atoms with Crippen LogP contribution in [-0.2, 0) is 0 Å². The molecule has 0 bridgehead atoms. The summed E-state index contributed by atoms with van der Waals surface area (Å²) in [6, 6.07) is 32.1. The van der Waals surface area contributed by atoms with Gasteiger partial charge in [0.2, 0.25) is 0 Å². The molecule has 0 radical (unpaired) electrons. The summed E-state index contributed by atoms with van der Waals surface area (Å²) >= 11 is 0. The van der Waals surface area contributed by atoms with Crippen molar-refractivity contribution in [1.29, 1.82) is 0 Å². The van der Waals surface area contributed by atoms with Crippen molar-refractivity contribution in [3.63, 3.8) is 0 Å². The van der Waals surface area contributed by atoms with E-state index in [4.69, 9.17) is 0 Å². The molecule has 0 fully saturated rings. The van der Waals surface area contributed by atoms with Gasteiger partial charge in [-0.15, -0.1) is 0 Å². The van der Waals surface area contributed by atoms with Crippen molar-refractivity contribution in [1.82, 2.24) is 0 Å². The number of rotatable bonds is 8. The van der Waals surface area contributed by atoms with E-state index in [0.29, 0.717) is 0 Å². The minimum atomic E-state index is -2.03.